The van der Waals surface area contributed by atoms with Crippen LogP contribution in [0.25, 0.3) is 10.8 Å². The fourth-order valence-electron chi connectivity index (χ4n) is 2.43. The Morgan fingerprint density at radius 3 is 2.39 bits per heavy atom. The molecule has 0 saturated carbocycles. The Kier molecular flexibility index (Phi) is 4.65. The van der Waals surface area contributed by atoms with Gasteiger partial charge in [0.1, 0.15) is 0 Å². The van der Waals surface area contributed by atoms with Gasteiger partial charge in [0.15, 0.2) is 0 Å². The molecule has 0 heterocycles. The summed E-state index contributed by atoms with van der Waals surface area (Å²) in [6, 6.07) is 23.2. The van der Waals surface area contributed by atoms with Crippen LogP contribution in [-0.2, 0) is 0 Å². The van der Waals surface area contributed by atoms with Gasteiger partial charge >= 0.3 is 0 Å². The Morgan fingerprint density at radius 1 is 0.913 bits per heavy atom. The van der Waals surface area contributed by atoms with E-state index >= 15 is 0 Å². The van der Waals surface area contributed by atoms with Gasteiger partial charge in [-0.15, -0.1) is 0 Å². The summed E-state index contributed by atoms with van der Waals surface area (Å²) in [4.78, 5) is 1.42. The largest absolute Gasteiger partial charge is 0.297 e. The molecule has 0 aliphatic rings. The lowest BCUT2D eigenvalue weighted by molar-refractivity contribution is 0.794. The minimum atomic E-state index is -0.677. The molecule has 1 nitrogen and oxygen atoms in total. The molecular weight excluding hydrogens is 305 g/mol. The van der Waals surface area contributed by atoms with Crippen molar-refractivity contribution in [2.24, 2.45) is 0 Å². The van der Waals surface area contributed by atoms with E-state index in [1.54, 1.807) is 0 Å². The average molecular weight is 319 g/mol. The normalized spacial score (nSPS) is 9.96. The third-order valence-electron chi connectivity index (χ3n) is 3.51. The highest BCUT2D eigenvalue weighted by Crippen LogP contribution is 2.27. The van der Waals surface area contributed by atoms with Gasteiger partial charge in [-0.2, -0.15) is 4.39 Å². The van der Waals surface area contributed by atoms with E-state index in [0.29, 0.717) is 0 Å². The van der Waals surface area contributed by atoms with Crippen LogP contribution in [0.3, 0.4) is 0 Å². The summed E-state index contributed by atoms with van der Waals surface area (Å²) < 4.78 is 13.9. The molecule has 0 spiro atoms. The molecule has 3 aromatic carbocycles. The lowest BCUT2D eigenvalue weighted by Crippen LogP contribution is -2.26. The van der Waals surface area contributed by atoms with Crippen LogP contribution in [0, 0.1) is 11.8 Å². The van der Waals surface area contributed by atoms with E-state index in [9.17, 15) is 4.39 Å². The number of hydrogen-bond acceptors (Lipinski definition) is 1. The number of fused-ring (bicyclic) bond motifs is 1. The second-order valence-electron chi connectivity index (χ2n) is 5.01. The first kappa shape index (κ1) is 15.2. The van der Waals surface area contributed by atoms with Gasteiger partial charge in [0.25, 0.3) is 5.24 Å². The van der Waals surface area contributed by atoms with Gasteiger partial charge in [-0.1, -0.05) is 66.4 Å². The Labute approximate surface area is 140 Å². The van der Waals surface area contributed by atoms with Gasteiger partial charge in [0.2, 0.25) is 0 Å². The van der Waals surface area contributed by atoms with Crippen molar-refractivity contribution in [1.82, 2.24) is 0 Å². The molecule has 0 aliphatic carbocycles. The highest BCUT2D eigenvalue weighted by atomic mass is 32.1. The third kappa shape index (κ3) is 3.56. The fraction of sp³-hybridized carbons (Fsp3) is 0.0500. The Morgan fingerprint density at radius 2 is 1.61 bits per heavy atom. The molecule has 3 rings (SSSR count). The molecule has 0 amide bonds. The lowest BCUT2D eigenvalue weighted by Gasteiger charge is -2.20. The van der Waals surface area contributed by atoms with Crippen LogP contribution < -0.4 is 4.90 Å². The predicted molar refractivity (Wildman–Crippen MR) is 98.3 cm³/mol. The quantitative estimate of drug-likeness (QED) is 0.284. The number of hydrogen-bond donors (Lipinski definition) is 0. The SMILES string of the molecule is FC(=S)N(CC#Cc1ccccc1)c1cccc2ccccc12. The van der Waals surface area contributed by atoms with E-state index in [2.05, 4.69) is 11.8 Å². The molecule has 0 atom stereocenters. The molecule has 3 heteroatoms. The number of benzene rings is 3. The summed E-state index contributed by atoms with van der Waals surface area (Å²) in [5.41, 5.74) is 1.63. The van der Waals surface area contributed by atoms with E-state index < -0.39 is 5.24 Å². The standard InChI is InChI=1S/C20H14FNS/c21-20(23)22(15-7-10-16-8-2-1-3-9-16)19-14-6-12-17-11-4-5-13-18(17)19/h1-6,8-9,11-14H,15H2. The van der Waals surface area contributed by atoms with Crippen LogP contribution in [0.2, 0.25) is 0 Å². The molecule has 0 aromatic heterocycles. The second-order valence-corrected chi connectivity index (χ2v) is 5.34. The van der Waals surface area contributed by atoms with Gasteiger partial charge in [-0.3, -0.25) is 4.90 Å². The van der Waals surface area contributed by atoms with Crippen LogP contribution in [0.4, 0.5) is 10.1 Å². The summed E-state index contributed by atoms with van der Waals surface area (Å²) in [6.07, 6.45) is 0. The highest BCUT2D eigenvalue weighted by Gasteiger charge is 2.13. The van der Waals surface area contributed by atoms with Crippen LogP contribution in [-0.4, -0.2) is 11.8 Å². The molecule has 0 fully saturated rings. The maximum absolute atomic E-state index is 13.9. The molecule has 0 aliphatic heterocycles. The molecule has 112 valence electrons. The molecule has 0 unspecified atom stereocenters. The van der Waals surface area contributed by atoms with E-state index in [1.165, 1.54) is 4.90 Å². The summed E-state index contributed by atoms with van der Waals surface area (Å²) >= 11 is 4.78. The molecule has 0 radical (unpaired) electrons. The zero-order chi connectivity index (χ0) is 16.1. The first-order valence-electron chi connectivity index (χ1n) is 7.24. The number of thiocarbonyl (C=S) groups is 1. The number of nitrogens with zero attached hydrogens (tertiary/aromatic N) is 1. The predicted octanol–water partition coefficient (Wildman–Crippen LogP) is 4.95. The maximum Gasteiger partial charge on any atom is 0.260 e. The van der Waals surface area contributed by atoms with E-state index in [1.807, 2.05) is 72.8 Å². The summed E-state index contributed by atoms with van der Waals surface area (Å²) in [5.74, 6) is 6.02. The molecule has 23 heavy (non-hydrogen) atoms. The van der Waals surface area contributed by atoms with E-state index in [0.717, 1.165) is 22.0 Å². The summed E-state index contributed by atoms with van der Waals surface area (Å²) in [7, 11) is 0. The molecular formula is C20H14FNS. The van der Waals surface area contributed by atoms with Gasteiger partial charge in [-0.05, 0) is 35.8 Å². The first-order chi connectivity index (χ1) is 11.3. The third-order valence-corrected chi connectivity index (χ3v) is 3.73. The van der Waals surface area contributed by atoms with Gasteiger partial charge < -0.3 is 0 Å². The average Bonchev–Trinajstić information content (AvgIpc) is 2.59. The highest BCUT2D eigenvalue weighted by molar-refractivity contribution is 7.80. The van der Waals surface area contributed by atoms with Crippen LogP contribution in [0.15, 0.2) is 72.8 Å². The van der Waals surface area contributed by atoms with Gasteiger partial charge in [0.05, 0.1) is 12.2 Å². The summed E-state index contributed by atoms with van der Waals surface area (Å²) in [6.45, 7) is 0.207. The number of anilines is 1. The molecule has 0 saturated heterocycles. The molecule has 0 N–H and O–H groups in total. The van der Waals surface area contributed by atoms with Gasteiger partial charge in [0, 0.05) is 10.9 Å². The monoisotopic (exact) mass is 319 g/mol. The van der Waals surface area contributed by atoms with Crippen LogP contribution in [0.1, 0.15) is 5.56 Å². The van der Waals surface area contributed by atoms with E-state index in [4.69, 9.17) is 12.2 Å². The van der Waals surface area contributed by atoms with Crippen LogP contribution in [0.5, 0.6) is 0 Å². The van der Waals surface area contributed by atoms with Crippen molar-refractivity contribution in [2.45, 2.75) is 0 Å². The second kappa shape index (κ2) is 7.04. The van der Waals surface area contributed by atoms with Crippen molar-refractivity contribution in [3.8, 4) is 11.8 Å². The minimum absolute atomic E-state index is 0.207. The smallest absolute Gasteiger partial charge is 0.260 e. The molecule has 3 aromatic rings. The maximum atomic E-state index is 13.9. The topological polar surface area (TPSA) is 3.24 Å². The molecule has 0 bridgehead atoms. The Bertz CT molecular complexity index is 888. The van der Waals surface area contributed by atoms with Crippen LogP contribution >= 0.6 is 12.2 Å². The zero-order valence-corrected chi connectivity index (χ0v) is 13.2. The van der Waals surface area contributed by atoms with Crippen molar-refractivity contribution in [1.29, 1.82) is 0 Å². The van der Waals surface area contributed by atoms with Crippen molar-refractivity contribution in [2.75, 3.05) is 11.4 Å². The Balaban J connectivity index is 1.93. The van der Waals surface area contributed by atoms with E-state index in [-0.39, 0.29) is 6.54 Å². The lowest BCUT2D eigenvalue weighted by atomic mass is 10.1. The first-order valence-corrected chi connectivity index (χ1v) is 7.65. The van der Waals surface area contributed by atoms with Crippen molar-refractivity contribution in [3.63, 3.8) is 0 Å². The van der Waals surface area contributed by atoms with Crippen molar-refractivity contribution < 1.29 is 4.39 Å². The number of rotatable bonds is 2. The van der Waals surface area contributed by atoms with Gasteiger partial charge in [-0.25, -0.2) is 0 Å². The number of halogens is 1. The van der Waals surface area contributed by atoms with Crippen molar-refractivity contribution in [3.05, 3.63) is 78.4 Å². The fourth-order valence-corrected chi connectivity index (χ4v) is 2.59. The Hall–Kier alpha value is -2.70. The summed E-state index contributed by atoms with van der Waals surface area (Å²) in [5, 5.41) is 1.32. The van der Waals surface area contributed by atoms with Crippen molar-refractivity contribution >= 4 is 33.9 Å². The zero-order valence-electron chi connectivity index (χ0n) is 12.4. The minimum Gasteiger partial charge on any atom is -0.297 e.